The molecule has 120 valence electrons. The summed E-state index contributed by atoms with van der Waals surface area (Å²) in [5, 5.41) is 8.07. The summed E-state index contributed by atoms with van der Waals surface area (Å²) < 4.78 is 0. The molecule has 0 aliphatic carbocycles. The second kappa shape index (κ2) is 5.46. The fraction of sp³-hybridized carbons (Fsp3) is 0.421. The van der Waals surface area contributed by atoms with Crippen LogP contribution in [-0.4, -0.2) is 29.9 Å². The second-order valence-corrected chi connectivity index (χ2v) is 7.63. The first kappa shape index (κ1) is 14.9. The van der Waals surface area contributed by atoms with Crippen LogP contribution in [0, 0.1) is 6.92 Å². The number of aryl methyl sites for hydroxylation is 1. The van der Waals surface area contributed by atoms with E-state index in [-0.39, 0.29) is 17.5 Å². The maximum atomic E-state index is 12.5. The van der Waals surface area contributed by atoms with Gasteiger partial charge in [0.2, 0.25) is 5.91 Å². The third-order valence-corrected chi connectivity index (χ3v) is 6.26. The van der Waals surface area contributed by atoms with Gasteiger partial charge >= 0.3 is 0 Å². The van der Waals surface area contributed by atoms with Crippen molar-refractivity contribution in [2.45, 2.75) is 37.8 Å². The van der Waals surface area contributed by atoms with Gasteiger partial charge in [-0.2, -0.15) is 11.3 Å². The van der Waals surface area contributed by atoms with Crippen LogP contribution in [-0.2, 0) is 4.79 Å². The predicted molar refractivity (Wildman–Crippen MR) is 94.6 cm³/mol. The van der Waals surface area contributed by atoms with Crippen molar-refractivity contribution in [1.82, 2.24) is 10.2 Å². The summed E-state index contributed by atoms with van der Waals surface area (Å²) in [6.07, 6.45) is 2.91. The Balaban J connectivity index is 1.61. The molecule has 2 aliphatic rings. The van der Waals surface area contributed by atoms with Gasteiger partial charge in [0.15, 0.2) is 0 Å². The quantitative estimate of drug-likeness (QED) is 0.911. The van der Waals surface area contributed by atoms with E-state index < -0.39 is 0 Å². The number of likely N-dealkylation sites (N-methyl/N-ethyl adjacent to an activating group) is 1. The zero-order valence-corrected chi connectivity index (χ0v) is 14.5. The van der Waals surface area contributed by atoms with Gasteiger partial charge in [-0.05, 0) is 65.3 Å². The van der Waals surface area contributed by atoms with Gasteiger partial charge in [0.05, 0.1) is 0 Å². The minimum Gasteiger partial charge on any atom is -0.344 e. The highest BCUT2D eigenvalue weighted by Gasteiger charge is 2.49. The minimum absolute atomic E-state index is 0.268. The summed E-state index contributed by atoms with van der Waals surface area (Å²) >= 11 is 1.75. The largest absolute Gasteiger partial charge is 0.344 e. The van der Waals surface area contributed by atoms with Gasteiger partial charge < -0.3 is 4.90 Å². The van der Waals surface area contributed by atoms with Gasteiger partial charge in [-0.15, -0.1) is 0 Å². The lowest BCUT2D eigenvalue weighted by Gasteiger charge is -2.23. The van der Waals surface area contributed by atoms with Crippen molar-refractivity contribution >= 4 is 17.2 Å². The molecular formula is C19H22N2OS. The molecule has 0 bridgehead atoms. The maximum absolute atomic E-state index is 12.5. The van der Waals surface area contributed by atoms with E-state index in [1.54, 1.807) is 11.3 Å². The van der Waals surface area contributed by atoms with Crippen molar-refractivity contribution in [3.05, 3.63) is 46.2 Å². The molecule has 2 fully saturated rings. The van der Waals surface area contributed by atoms with E-state index in [2.05, 4.69) is 47.3 Å². The van der Waals surface area contributed by atoms with E-state index in [0.717, 1.165) is 25.8 Å². The SMILES string of the molecule is Cc1cscc1-c1cccc([C@H]2CC[C@@]3(CCN(C)C3=O)N2)c1. The summed E-state index contributed by atoms with van der Waals surface area (Å²) in [5.41, 5.74) is 4.91. The average molecular weight is 326 g/mol. The van der Waals surface area contributed by atoms with E-state index in [1.807, 2.05) is 11.9 Å². The van der Waals surface area contributed by atoms with Gasteiger partial charge in [0, 0.05) is 19.6 Å². The molecular weight excluding hydrogens is 304 g/mol. The number of likely N-dealkylation sites (tertiary alicyclic amines) is 1. The van der Waals surface area contributed by atoms with Crippen LogP contribution in [0.2, 0.25) is 0 Å². The van der Waals surface area contributed by atoms with Gasteiger partial charge in [-0.3, -0.25) is 10.1 Å². The molecule has 4 rings (SSSR count). The molecule has 2 atom stereocenters. The Morgan fingerprint density at radius 1 is 1.30 bits per heavy atom. The Hall–Kier alpha value is -1.65. The maximum Gasteiger partial charge on any atom is 0.242 e. The molecule has 2 saturated heterocycles. The number of carbonyl (C=O) groups is 1. The molecule has 0 unspecified atom stereocenters. The van der Waals surface area contributed by atoms with E-state index in [0.29, 0.717) is 0 Å². The van der Waals surface area contributed by atoms with Crippen molar-refractivity contribution < 1.29 is 4.79 Å². The Bertz CT molecular complexity index is 753. The molecule has 2 aromatic rings. The third-order valence-electron chi connectivity index (χ3n) is 5.40. The van der Waals surface area contributed by atoms with Crippen molar-refractivity contribution in [2.75, 3.05) is 13.6 Å². The number of carbonyl (C=O) groups excluding carboxylic acids is 1. The number of benzene rings is 1. The fourth-order valence-corrected chi connectivity index (χ4v) is 4.85. The molecule has 23 heavy (non-hydrogen) atoms. The van der Waals surface area contributed by atoms with Gasteiger partial charge in [0.25, 0.3) is 0 Å². The topological polar surface area (TPSA) is 32.3 Å². The summed E-state index contributed by atoms with van der Waals surface area (Å²) in [6.45, 7) is 3.03. The minimum atomic E-state index is -0.312. The van der Waals surface area contributed by atoms with E-state index in [1.165, 1.54) is 22.3 Å². The number of thiophene rings is 1. The highest BCUT2D eigenvalue weighted by molar-refractivity contribution is 7.08. The lowest BCUT2D eigenvalue weighted by atomic mass is 9.95. The highest BCUT2D eigenvalue weighted by atomic mass is 32.1. The van der Waals surface area contributed by atoms with Crippen LogP contribution in [0.4, 0.5) is 0 Å². The molecule has 1 amide bonds. The lowest BCUT2D eigenvalue weighted by Crippen LogP contribution is -2.47. The standard InChI is InChI=1S/C19H22N2OS/c1-13-11-23-12-16(13)14-4-3-5-15(10-14)17-6-7-19(20-17)8-9-21(2)18(19)22/h3-5,10-12,17,20H,6-9H2,1-2H3/t17-,19+/m1/s1. The molecule has 2 aliphatic heterocycles. The van der Waals surface area contributed by atoms with Crippen molar-refractivity contribution in [1.29, 1.82) is 0 Å². The number of amides is 1. The second-order valence-electron chi connectivity index (χ2n) is 6.89. The van der Waals surface area contributed by atoms with Crippen LogP contribution in [0.25, 0.3) is 11.1 Å². The lowest BCUT2D eigenvalue weighted by molar-refractivity contribution is -0.131. The zero-order valence-electron chi connectivity index (χ0n) is 13.6. The van der Waals surface area contributed by atoms with Crippen molar-refractivity contribution in [3.8, 4) is 11.1 Å². The van der Waals surface area contributed by atoms with Crippen LogP contribution >= 0.6 is 11.3 Å². The van der Waals surface area contributed by atoms with Gasteiger partial charge in [0.1, 0.15) is 5.54 Å². The highest BCUT2D eigenvalue weighted by Crippen LogP contribution is 2.40. The number of nitrogens with one attached hydrogen (secondary N) is 1. The summed E-state index contributed by atoms with van der Waals surface area (Å²) in [4.78, 5) is 14.3. The molecule has 0 radical (unpaired) electrons. The molecule has 0 saturated carbocycles. The predicted octanol–water partition coefficient (Wildman–Crippen LogP) is 3.75. The Morgan fingerprint density at radius 2 is 2.17 bits per heavy atom. The monoisotopic (exact) mass is 326 g/mol. The summed E-state index contributed by atoms with van der Waals surface area (Å²) in [5.74, 6) is 0.268. The number of hydrogen-bond donors (Lipinski definition) is 1. The zero-order chi connectivity index (χ0) is 16.0. The van der Waals surface area contributed by atoms with Crippen LogP contribution in [0.1, 0.15) is 36.4 Å². The Kier molecular flexibility index (Phi) is 3.54. The first-order valence-corrected chi connectivity index (χ1v) is 9.20. The number of rotatable bonds is 2. The van der Waals surface area contributed by atoms with E-state index in [9.17, 15) is 4.79 Å². The van der Waals surface area contributed by atoms with E-state index in [4.69, 9.17) is 0 Å². The number of nitrogens with zero attached hydrogens (tertiary/aromatic N) is 1. The van der Waals surface area contributed by atoms with Crippen LogP contribution in [0.5, 0.6) is 0 Å². The van der Waals surface area contributed by atoms with Crippen LogP contribution < -0.4 is 5.32 Å². The normalized spacial score (nSPS) is 27.3. The van der Waals surface area contributed by atoms with Crippen molar-refractivity contribution in [2.24, 2.45) is 0 Å². The first-order chi connectivity index (χ1) is 11.1. The van der Waals surface area contributed by atoms with Crippen LogP contribution in [0.3, 0.4) is 0 Å². The molecule has 3 heterocycles. The smallest absolute Gasteiger partial charge is 0.242 e. The first-order valence-electron chi connectivity index (χ1n) is 8.25. The molecule has 4 heteroatoms. The summed E-state index contributed by atoms with van der Waals surface area (Å²) in [7, 11) is 1.91. The molecule has 1 N–H and O–H groups in total. The summed E-state index contributed by atoms with van der Waals surface area (Å²) in [6, 6.07) is 9.07. The average Bonchev–Trinajstić information content (AvgIpc) is 3.25. The number of hydrogen-bond acceptors (Lipinski definition) is 3. The molecule has 1 aromatic carbocycles. The Morgan fingerprint density at radius 3 is 2.87 bits per heavy atom. The van der Waals surface area contributed by atoms with E-state index >= 15 is 0 Å². The van der Waals surface area contributed by atoms with Crippen molar-refractivity contribution in [3.63, 3.8) is 0 Å². The van der Waals surface area contributed by atoms with Gasteiger partial charge in [-0.25, -0.2) is 0 Å². The Labute approximate surface area is 141 Å². The molecule has 1 aromatic heterocycles. The van der Waals surface area contributed by atoms with Gasteiger partial charge in [-0.1, -0.05) is 18.2 Å². The molecule has 1 spiro atoms. The third kappa shape index (κ3) is 2.41. The molecule has 3 nitrogen and oxygen atoms in total. The fourth-order valence-electron chi connectivity index (χ4n) is 4.00. The van der Waals surface area contributed by atoms with Crippen LogP contribution in [0.15, 0.2) is 35.0 Å².